The number of anilines is 2. The molecule has 0 aliphatic rings. The van der Waals surface area contributed by atoms with E-state index in [9.17, 15) is 17.2 Å². The molecular formula is C13H11ClF2N2O2S. The molecule has 0 bridgehead atoms. The van der Waals surface area contributed by atoms with Crippen molar-refractivity contribution < 1.29 is 17.2 Å². The van der Waals surface area contributed by atoms with Crippen LogP contribution in [0, 0.1) is 18.6 Å². The molecule has 0 spiro atoms. The van der Waals surface area contributed by atoms with Crippen LogP contribution in [0.2, 0.25) is 5.02 Å². The lowest BCUT2D eigenvalue weighted by Crippen LogP contribution is -2.16. The number of aryl methyl sites for hydroxylation is 1. The molecule has 0 saturated heterocycles. The lowest BCUT2D eigenvalue weighted by molar-refractivity contribution is 0.569. The number of nitrogens with two attached hydrogens (primary N) is 1. The van der Waals surface area contributed by atoms with E-state index in [2.05, 4.69) is 0 Å². The van der Waals surface area contributed by atoms with E-state index in [4.69, 9.17) is 17.3 Å². The molecule has 2 rings (SSSR count). The van der Waals surface area contributed by atoms with Crippen molar-refractivity contribution >= 4 is 33.0 Å². The molecule has 0 fully saturated rings. The number of nitrogens with one attached hydrogen (secondary N) is 1. The van der Waals surface area contributed by atoms with Gasteiger partial charge in [-0.3, -0.25) is 4.72 Å². The zero-order chi connectivity index (χ0) is 15.8. The van der Waals surface area contributed by atoms with E-state index in [-0.39, 0.29) is 16.4 Å². The Balaban J connectivity index is 2.46. The molecule has 8 heteroatoms. The molecule has 112 valence electrons. The van der Waals surface area contributed by atoms with Gasteiger partial charge in [-0.1, -0.05) is 11.6 Å². The zero-order valence-electron chi connectivity index (χ0n) is 10.8. The molecule has 0 aromatic heterocycles. The summed E-state index contributed by atoms with van der Waals surface area (Å²) in [6.45, 7) is 1.54. The summed E-state index contributed by atoms with van der Waals surface area (Å²) in [5.41, 5.74) is 5.77. The summed E-state index contributed by atoms with van der Waals surface area (Å²) in [7, 11) is -4.31. The van der Waals surface area contributed by atoms with Crippen LogP contribution >= 0.6 is 11.6 Å². The fraction of sp³-hybridized carbons (Fsp3) is 0.0769. The maximum absolute atomic E-state index is 13.8. The first kappa shape index (κ1) is 15.5. The minimum absolute atomic E-state index is 0.112. The van der Waals surface area contributed by atoms with E-state index < -0.39 is 26.6 Å². The number of halogens is 3. The van der Waals surface area contributed by atoms with Gasteiger partial charge >= 0.3 is 0 Å². The Morgan fingerprint density at radius 2 is 1.81 bits per heavy atom. The fourth-order valence-corrected chi connectivity index (χ4v) is 2.97. The van der Waals surface area contributed by atoms with E-state index in [1.54, 1.807) is 6.92 Å². The molecule has 3 N–H and O–H groups in total. The maximum Gasteiger partial charge on any atom is 0.264 e. The third kappa shape index (κ3) is 3.25. The van der Waals surface area contributed by atoms with E-state index in [0.717, 1.165) is 24.3 Å². The summed E-state index contributed by atoms with van der Waals surface area (Å²) in [6.07, 6.45) is 0. The van der Waals surface area contributed by atoms with Crippen molar-refractivity contribution in [2.24, 2.45) is 0 Å². The zero-order valence-corrected chi connectivity index (χ0v) is 12.4. The van der Waals surface area contributed by atoms with Gasteiger partial charge in [-0.05, 0) is 42.8 Å². The van der Waals surface area contributed by atoms with Gasteiger partial charge in [0.25, 0.3) is 10.0 Å². The van der Waals surface area contributed by atoms with Gasteiger partial charge in [0.2, 0.25) is 0 Å². The number of hydrogen-bond acceptors (Lipinski definition) is 3. The van der Waals surface area contributed by atoms with Gasteiger partial charge in [-0.2, -0.15) is 0 Å². The van der Waals surface area contributed by atoms with Crippen LogP contribution in [0.3, 0.4) is 0 Å². The number of sulfonamides is 1. The van der Waals surface area contributed by atoms with Gasteiger partial charge in [0.1, 0.15) is 16.5 Å². The van der Waals surface area contributed by atoms with E-state index in [1.807, 2.05) is 4.72 Å². The van der Waals surface area contributed by atoms with Crippen LogP contribution in [0.1, 0.15) is 5.56 Å². The molecule has 0 radical (unpaired) electrons. The third-order valence-electron chi connectivity index (χ3n) is 2.79. The van der Waals surface area contributed by atoms with Gasteiger partial charge in [0.05, 0.1) is 5.69 Å². The number of rotatable bonds is 3. The number of hydrogen-bond donors (Lipinski definition) is 2. The first-order chi connectivity index (χ1) is 9.70. The molecule has 0 saturated carbocycles. The molecule has 0 atom stereocenters. The Bertz CT molecular complexity index is 810. The second-order valence-corrected chi connectivity index (χ2v) is 6.46. The lowest BCUT2D eigenvalue weighted by Gasteiger charge is -2.11. The highest BCUT2D eigenvalue weighted by molar-refractivity contribution is 7.92. The molecule has 2 aromatic rings. The van der Waals surface area contributed by atoms with Crippen molar-refractivity contribution in [3.05, 3.63) is 52.6 Å². The Morgan fingerprint density at radius 1 is 1.14 bits per heavy atom. The van der Waals surface area contributed by atoms with E-state index in [1.165, 1.54) is 6.07 Å². The lowest BCUT2D eigenvalue weighted by atomic mass is 10.2. The Morgan fingerprint density at radius 3 is 2.43 bits per heavy atom. The van der Waals surface area contributed by atoms with Gasteiger partial charge in [0.15, 0.2) is 0 Å². The van der Waals surface area contributed by atoms with Crippen molar-refractivity contribution in [3.8, 4) is 0 Å². The molecule has 0 unspecified atom stereocenters. The smallest absolute Gasteiger partial charge is 0.264 e. The fourth-order valence-electron chi connectivity index (χ4n) is 1.65. The Labute approximate surface area is 125 Å². The van der Waals surface area contributed by atoms with Crippen LogP contribution < -0.4 is 10.5 Å². The predicted molar refractivity (Wildman–Crippen MR) is 77.8 cm³/mol. The second kappa shape index (κ2) is 5.50. The van der Waals surface area contributed by atoms with Crippen molar-refractivity contribution in [2.75, 3.05) is 10.5 Å². The first-order valence-corrected chi connectivity index (χ1v) is 7.60. The minimum atomic E-state index is -4.31. The van der Waals surface area contributed by atoms with E-state index in [0.29, 0.717) is 5.56 Å². The van der Waals surface area contributed by atoms with Crippen LogP contribution in [0.5, 0.6) is 0 Å². The Hall–Kier alpha value is -1.86. The van der Waals surface area contributed by atoms with Crippen molar-refractivity contribution in [1.29, 1.82) is 0 Å². The summed E-state index contributed by atoms with van der Waals surface area (Å²) in [5.74, 6) is -1.84. The van der Waals surface area contributed by atoms with Crippen molar-refractivity contribution in [1.82, 2.24) is 0 Å². The second-order valence-electron chi connectivity index (χ2n) is 4.37. The van der Waals surface area contributed by atoms with Crippen molar-refractivity contribution in [3.63, 3.8) is 0 Å². The molecule has 2 aromatic carbocycles. The maximum atomic E-state index is 13.8. The van der Waals surface area contributed by atoms with Crippen LogP contribution in [0.4, 0.5) is 20.2 Å². The highest BCUT2D eigenvalue weighted by atomic mass is 35.5. The summed E-state index contributed by atoms with van der Waals surface area (Å²) < 4.78 is 53.6. The normalized spacial score (nSPS) is 11.4. The van der Waals surface area contributed by atoms with Crippen LogP contribution in [0.25, 0.3) is 0 Å². The van der Waals surface area contributed by atoms with Crippen LogP contribution in [-0.2, 0) is 10.0 Å². The number of nitrogen functional groups attached to an aromatic ring is 1. The van der Waals surface area contributed by atoms with Gasteiger partial charge in [0, 0.05) is 10.7 Å². The average Bonchev–Trinajstić information content (AvgIpc) is 2.37. The average molecular weight is 333 g/mol. The summed E-state index contributed by atoms with van der Waals surface area (Å²) in [5, 5.41) is 0.112. The molecule has 0 aliphatic heterocycles. The molecule has 0 amide bonds. The van der Waals surface area contributed by atoms with Crippen LogP contribution in [-0.4, -0.2) is 8.42 Å². The first-order valence-electron chi connectivity index (χ1n) is 5.74. The highest BCUT2D eigenvalue weighted by Crippen LogP contribution is 2.25. The van der Waals surface area contributed by atoms with Crippen LogP contribution in [0.15, 0.2) is 35.2 Å². The predicted octanol–water partition coefficient (Wildman–Crippen LogP) is 3.31. The molecule has 21 heavy (non-hydrogen) atoms. The van der Waals surface area contributed by atoms with Gasteiger partial charge in [-0.15, -0.1) is 0 Å². The Kier molecular flexibility index (Phi) is 4.06. The SMILES string of the molecule is Cc1cc(F)c(S(=O)(=O)Nc2ccc(Cl)cc2F)cc1N. The van der Waals surface area contributed by atoms with Gasteiger partial charge in [-0.25, -0.2) is 17.2 Å². The summed E-state index contributed by atoms with van der Waals surface area (Å²) in [6, 6.07) is 5.38. The van der Waals surface area contributed by atoms with Crippen molar-refractivity contribution in [2.45, 2.75) is 11.8 Å². The monoisotopic (exact) mass is 332 g/mol. The minimum Gasteiger partial charge on any atom is -0.398 e. The molecule has 0 aliphatic carbocycles. The third-order valence-corrected chi connectivity index (χ3v) is 4.40. The quantitative estimate of drug-likeness (QED) is 0.847. The topological polar surface area (TPSA) is 72.2 Å². The van der Waals surface area contributed by atoms with E-state index >= 15 is 0 Å². The standard InChI is InChI=1S/C13H11ClF2N2O2S/c1-7-4-10(16)13(6-11(7)17)21(19,20)18-12-3-2-8(14)5-9(12)15/h2-6,18H,17H2,1H3. The molecule has 4 nitrogen and oxygen atoms in total. The highest BCUT2D eigenvalue weighted by Gasteiger charge is 2.21. The summed E-state index contributed by atoms with van der Waals surface area (Å²) >= 11 is 5.57. The largest absolute Gasteiger partial charge is 0.398 e. The molecular weight excluding hydrogens is 322 g/mol. The number of benzene rings is 2. The van der Waals surface area contributed by atoms with Gasteiger partial charge < -0.3 is 5.73 Å². The molecule has 0 heterocycles. The summed E-state index contributed by atoms with van der Waals surface area (Å²) in [4.78, 5) is -0.653.